The van der Waals surface area contributed by atoms with Gasteiger partial charge in [0.1, 0.15) is 5.58 Å². The first-order chi connectivity index (χ1) is 14.8. The highest BCUT2D eigenvalue weighted by Crippen LogP contribution is 2.49. The van der Waals surface area contributed by atoms with Gasteiger partial charge in [-0.05, 0) is 47.9 Å². The molecular weight excluding hydrogens is 514 g/mol. The average molecular weight is 535 g/mol. The fraction of sp³-hybridized carbons (Fsp3) is 0.280. The fourth-order valence-corrected chi connectivity index (χ4v) is 5.43. The second-order valence-electron chi connectivity index (χ2n) is 8.43. The Morgan fingerprint density at radius 2 is 1.45 bits per heavy atom. The van der Waals surface area contributed by atoms with Crippen LogP contribution >= 0.6 is 22.9 Å². The number of hydrogen-bond donors (Lipinski definition) is 0. The van der Waals surface area contributed by atoms with Crippen LogP contribution in [-0.4, -0.2) is 0 Å². The van der Waals surface area contributed by atoms with Crippen molar-refractivity contribution >= 4 is 56.2 Å². The van der Waals surface area contributed by atoms with E-state index < -0.39 is 11.7 Å². The van der Waals surface area contributed by atoms with Crippen molar-refractivity contribution in [2.24, 2.45) is 17.8 Å². The Bertz CT molecular complexity index is 1270. The molecule has 160 valence electrons. The lowest BCUT2D eigenvalue weighted by Gasteiger charge is -2.20. The van der Waals surface area contributed by atoms with E-state index in [0.717, 1.165) is 35.7 Å². The zero-order valence-electron chi connectivity index (χ0n) is 17.1. The van der Waals surface area contributed by atoms with E-state index in [4.69, 9.17) is 4.42 Å². The van der Waals surface area contributed by atoms with Gasteiger partial charge in [-0.2, -0.15) is 13.2 Å². The molecule has 2 atom stereocenters. The first kappa shape index (κ1) is 20.7. The summed E-state index contributed by atoms with van der Waals surface area (Å²) in [6, 6.07) is 18.0. The van der Waals surface area contributed by atoms with Crippen LogP contribution in [0.3, 0.4) is 0 Å². The number of furan rings is 1. The third-order valence-electron chi connectivity index (χ3n) is 6.72. The average Bonchev–Trinajstić information content (AvgIpc) is 3.14. The van der Waals surface area contributed by atoms with E-state index in [0.29, 0.717) is 22.3 Å². The van der Waals surface area contributed by atoms with Crippen LogP contribution in [0.5, 0.6) is 0 Å². The summed E-state index contributed by atoms with van der Waals surface area (Å²) in [7, 11) is 0. The van der Waals surface area contributed by atoms with E-state index in [-0.39, 0.29) is 5.58 Å². The molecule has 1 aliphatic carbocycles. The van der Waals surface area contributed by atoms with Gasteiger partial charge in [0, 0.05) is 10.8 Å². The van der Waals surface area contributed by atoms with Crippen molar-refractivity contribution in [3.05, 3.63) is 71.8 Å². The highest BCUT2D eigenvalue weighted by atomic mass is 127. The predicted molar refractivity (Wildman–Crippen MR) is 127 cm³/mol. The Hall–Kier alpha value is -2.22. The molecule has 2 nitrogen and oxygen atoms in total. The topological polar surface area (TPSA) is 16.4 Å². The molecule has 1 saturated carbocycles. The normalized spacial score (nSPS) is 21.0. The van der Waals surface area contributed by atoms with Crippen molar-refractivity contribution in [1.82, 2.24) is 0 Å². The lowest BCUT2D eigenvalue weighted by Crippen LogP contribution is -2.05. The SMILES string of the molecule is CC1C(C)C1Cc1ccccc1N(I)c1cccc2c1oc1c(C(F)(F)F)cccc12. The first-order valence-electron chi connectivity index (χ1n) is 10.3. The molecule has 0 amide bonds. The van der Waals surface area contributed by atoms with Crippen LogP contribution in [0.2, 0.25) is 0 Å². The number of benzene rings is 3. The zero-order chi connectivity index (χ0) is 21.9. The summed E-state index contributed by atoms with van der Waals surface area (Å²) in [5.74, 6) is 2.10. The van der Waals surface area contributed by atoms with Crippen LogP contribution in [0.15, 0.2) is 65.1 Å². The first-order valence-corrected chi connectivity index (χ1v) is 11.3. The lowest BCUT2D eigenvalue weighted by atomic mass is 10.0. The fourth-order valence-electron chi connectivity index (χ4n) is 4.58. The van der Waals surface area contributed by atoms with Crippen molar-refractivity contribution in [1.29, 1.82) is 0 Å². The number of halogens is 4. The highest BCUT2D eigenvalue weighted by molar-refractivity contribution is 14.1. The quantitative estimate of drug-likeness (QED) is 0.192. The minimum absolute atomic E-state index is 0.115. The number of nitrogens with zero attached hydrogens (tertiary/aromatic N) is 1. The Kier molecular flexibility index (Phi) is 4.95. The number of fused-ring (bicyclic) bond motifs is 3. The highest BCUT2D eigenvalue weighted by Gasteiger charge is 2.42. The smallest absolute Gasteiger partial charge is 0.420 e. The van der Waals surface area contributed by atoms with Crippen molar-refractivity contribution in [3.8, 4) is 0 Å². The number of alkyl halides is 3. The Balaban J connectivity index is 1.63. The van der Waals surface area contributed by atoms with Crippen LogP contribution in [0.25, 0.3) is 21.9 Å². The molecule has 0 saturated heterocycles. The monoisotopic (exact) mass is 535 g/mol. The number of hydrogen-bond acceptors (Lipinski definition) is 2. The van der Waals surface area contributed by atoms with Gasteiger partial charge in [-0.3, -0.25) is 3.11 Å². The van der Waals surface area contributed by atoms with Crippen molar-refractivity contribution in [2.45, 2.75) is 26.4 Å². The molecule has 6 heteroatoms. The third-order valence-corrected chi connectivity index (χ3v) is 7.76. The van der Waals surface area contributed by atoms with Crippen LogP contribution in [0, 0.1) is 17.8 Å². The maximum absolute atomic E-state index is 13.5. The van der Waals surface area contributed by atoms with Crippen LogP contribution < -0.4 is 3.11 Å². The van der Waals surface area contributed by atoms with E-state index >= 15 is 0 Å². The van der Waals surface area contributed by atoms with Gasteiger partial charge in [0.25, 0.3) is 0 Å². The number of para-hydroxylation sites is 3. The summed E-state index contributed by atoms with van der Waals surface area (Å²) in [4.78, 5) is 0. The van der Waals surface area contributed by atoms with Crippen LogP contribution in [0.4, 0.5) is 24.5 Å². The van der Waals surface area contributed by atoms with Gasteiger partial charge >= 0.3 is 6.18 Å². The summed E-state index contributed by atoms with van der Waals surface area (Å²) in [5, 5.41) is 1.16. The molecule has 0 radical (unpaired) electrons. The van der Waals surface area contributed by atoms with E-state index in [1.165, 1.54) is 11.6 Å². The Morgan fingerprint density at radius 3 is 2.13 bits per heavy atom. The van der Waals surface area contributed by atoms with Gasteiger partial charge in [-0.15, -0.1) is 0 Å². The summed E-state index contributed by atoms with van der Waals surface area (Å²) < 4.78 is 48.5. The molecule has 0 spiro atoms. The molecule has 5 rings (SSSR count). The molecule has 2 unspecified atom stereocenters. The van der Waals surface area contributed by atoms with Crippen molar-refractivity contribution in [2.75, 3.05) is 3.11 Å². The van der Waals surface area contributed by atoms with E-state index in [1.54, 1.807) is 6.07 Å². The molecule has 0 bridgehead atoms. The second-order valence-corrected chi connectivity index (χ2v) is 9.40. The maximum atomic E-state index is 13.5. The largest absolute Gasteiger partial charge is 0.453 e. The van der Waals surface area contributed by atoms with E-state index in [2.05, 4.69) is 48.8 Å². The van der Waals surface area contributed by atoms with Crippen molar-refractivity contribution in [3.63, 3.8) is 0 Å². The van der Waals surface area contributed by atoms with E-state index in [1.807, 2.05) is 33.4 Å². The number of anilines is 2. The molecule has 1 aromatic heterocycles. The molecule has 0 aliphatic heterocycles. The number of rotatable bonds is 4. The summed E-state index contributed by atoms with van der Waals surface area (Å²) >= 11 is 2.23. The molecule has 4 aromatic rings. The molecule has 1 aliphatic rings. The zero-order valence-corrected chi connectivity index (χ0v) is 19.2. The molecule has 0 N–H and O–H groups in total. The maximum Gasteiger partial charge on any atom is 0.420 e. The second kappa shape index (κ2) is 7.43. The van der Waals surface area contributed by atoms with Crippen LogP contribution in [-0.2, 0) is 12.6 Å². The summed E-state index contributed by atoms with van der Waals surface area (Å²) in [6.07, 6.45) is -3.48. The lowest BCUT2D eigenvalue weighted by molar-refractivity contribution is -0.136. The van der Waals surface area contributed by atoms with Crippen LogP contribution in [0.1, 0.15) is 25.0 Å². The predicted octanol–water partition coefficient (Wildman–Crippen LogP) is 8.54. The molecular formula is C25H21F3INO. The van der Waals surface area contributed by atoms with Gasteiger partial charge in [0.05, 0.1) is 39.8 Å². The molecule has 3 aromatic carbocycles. The Labute approximate surface area is 192 Å². The molecule has 1 fully saturated rings. The molecule has 31 heavy (non-hydrogen) atoms. The minimum Gasteiger partial charge on any atom is -0.453 e. The van der Waals surface area contributed by atoms with Gasteiger partial charge in [-0.25, -0.2) is 0 Å². The Morgan fingerprint density at radius 1 is 0.839 bits per heavy atom. The molecule has 1 heterocycles. The van der Waals surface area contributed by atoms with Gasteiger partial charge in [0.2, 0.25) is 0 Å². The van der Waals surface area contributed by atoms with Gasteiger partial charge in [-0.1, -0.05) is 56.3 Å². The summed E-state index contributed by atoms with van der Waals surface area (Å²) in [5.41, 5.74) is 2.62. The van der Waals surface area contributed by atoms with Crippen molar-refractivity contribution < 1.29 is 17.6 Å². The van der Waals surface area contributed by atoms with E-state index in [9.17, 15) is 13.2 Å². The minimum atomic E-state index is -4.47. The van der Waals surface area contributed by atoms with Gasteiger partial charge in [0.15, 0.2) is 5.58 Å². The standard InChI is InChI=1S/C25H21F3INO/c1-14-15(2)19(14)13-16-7-3-4-11-21(16)30(29)22-12-6-9-18-17-8-5-10-20(25(26,27)28)23(17)31-24(18)22/h3-12,14-15,19H,13H2,1-2H3. The summed E-state index contributed by atoms with van der Waals surface area (Å²) in [6.45, 7) is 4.57. The third kappa shape index (κ3) is 3.49. The van der Waals surface area contributed by atoms with Gasteiger partial charge < -0.3 is 4.42 Å².